The molecule has 9 heteroatoms. The topological polar surface area (TPSA) is 117 Å². The third-order valence-corrected chi connectivity index (χ3v) is 4.71. The third-order valence-electron chi connectivity index (χ3n) is 4.71. The van der Waals surface area contributed by atoms with Gasteiger partial charge in [0.05, 0.1) is 7.11 Å². The van der Waals surface area contributed by atoms with Crippen molar-refractivity contribution in [1.29, 1.82) is 0 Å². The van der Waals surface area contributed by atoms with Gasteiger partial charge in [-0.25, -0.2) is 4.79 Å². The average Bonchev–Trinajstić information content (AvgIpc) is 2.92. The Morgan fingerprint density at radius 3 is 2.30 bits per heavy atom. The van der Waals surface area contributed by atoms with Gasteiger partial charge in [0.2, 0.25) is 11.8 Å². The van der Waals surface area contributed by atoms with Crippen molar-refractivity contribution >= 4 is 35.1 Å². The number of carbonyl (C=O) groups is 4. The highest BCUT2D eigenvalue weighted by Gasteiger charge is 2.49. The molecule has 0 aromatic heterocycles. The lowest BCUT2D eigenvalue weighted by Crippen LogP contribution is -2.42. The molecule has 1 atom stereocenters. The molecular weight excluding hydrogens is 388 g/mol. The van der Waals surface area contributed by atoms with Crippen LogP contribution in [0.5, 0.6) is 5.75 Å². The molecule has 0 saturated carbocycles. The Hall–Kier alpha value is -3.88. The van der Waals surface area contributed by atoms with Gasteiger partial charge < -0.3 is 20.7 Å². The van der Waals surface area contributed by atoms with Crippen LogP contribution in [0.3, 0.4) is 0 Å². The predicted octanol–water partition coefficient (Wildman–Crippen LogP) is 2.06. The number of ether oxygens (including phenoxy) is 1. The lowest BCUT2D eigenvalue weighted by molar-refractivity contribution is -0.133. The number of amides is 5. The van der Waals surface area contributed by atoms with Crippen molar-refractivity contribution in [2.45, 2.75) is 19.4 Å². The maximum atomic E-state index is 12.9. The van der Waals surface area contributed by atoms with Crippen LogP contribution in [0.1, 0.15) is 19.4 Å². The zero-order chi connectivity index (χ0) is 21.9. The average molecular weight is 410 g/mol. The number of anilines is 2. The van der Waals surface area contributed by atoms with Gasteiger partial charge in [-0.1, -0.05) is 18.2 Å². The number of imide groups is 1. The van der Waals surface area contributed by atoms with Gasteiger partial charge in [0.25, 0.3) is 5.91 Å². The molecule has 3 rings (SSSR count). The third kappa shape index (κ3) is 4.24. The molecule has 1 heterocycles. The van der Waals surface area contributed by atoms with Gasteiger partial charge >= 0.3 is 6.03 Å². The molecule has 1 aliphatic rings. The fraction of sp³-hybridized carbons (Fsp3) is 0.238. The Kier molecular flexibility index (Phi) is 5.72. The normalized spacial score (nSPS) is 18.0. The number of hydrogen-bond acceptors (Lipinski definition) is 5. The van der Waals surface area contributed by atoms with Gasteiger partial charge in [-0.15, -0.1) is 0 Å². The van der Waals surface area contributed by atoms with Crippen molar-refractivity contribution in [3.05, 3.63) is 54.1 Å². The maximum Gasteiger partial charge on any atom is 0.325 e. The summed E-state index contributed by atoms with van der Waals surface area (Å²) in [6.07, 6.45) is 0. The number of urea groups is 1. The number of methoxy groups -OCH3 is 1. The van der Waals surface area contributed by atoms with Gasteiger partial charge in [-0.3, -0.25) is 19.3 Å². The molecule has 0 bridgehead atoms. The van der Waals surface area contributed by atoms with E-state index in [4.69, 9.17) is 4.74 Å². The van der Waals surface area contributed by atoms with Gasteiger partial charge in [0, 0.05) is 18.3 Å². The van der Waals surface area contributed by atoms with Crippen LogP contribution in [0.25, 0.3) is 0 Å². The molecule has 30 heavy (non-hydrogen) atoms. The zero-order valence-electron chi connectivity index (χ0n) is 16.8. The Balaban J connectivity index is 1.70. The summed E-state index contributed by atoms with van der Waals surface area (Å²) in [7, 11) is 1.53. The van der Waals surface area contributed by atoms with E-state index >= 15 is 0 Å². The summed E-state index contributed by atoms with van der Waals surface area (Å²) >= 11 is 0. The first-order chi connectivity index (χ1) is 14.2. The summed E-state index contributed by atoms with van der Waals surface area (Å²) in [6.45, 7) is 2.52. The van der Waals surface area contributed by atoms with Gasteiger partial charge in [0.15, 0.2) is 0 Å². The van der Waals surface area contributed by atoms with Gasteiger partial charge in [-0.2, -0.15) is 0 Å². The van der Waals surface area contributed by atoms with Crippen molar-refractivity contribution < 1.29 is 23.9 Å². The summed E-state index contributed by atoms with van der Waals surface area (Å²) in [5.41, 5.74) is 0.237. The van der Waals surface area contributed by atoms with E-state index in [1.54, 1.807) is 55.5 Å². The van der Waals surface area contributed by atoms with Crippen LogP contribution in [0.15, 0.2) is 48.5 Å². The minimum Gasteiger partial charge on any atom is -0.497 e. The molecule has 5 amide bonds. The van der Waals surface area contributed by atoms with Crippen LogP contribution in [0.4, 0.5) is 16.2 Å². The van der Waals surface area contributed by atoms with Crippen molar-refractivity contribution in [3.8, 4) is 5.75 Å². The van der Waals surface area contributed by atoms with Crippen molar-refractivity contribution in [3.63, 3.8) is 0 Å². The monoisotopic (exact) mass is 410 g/mol. The fourth-order valence-corrected chi connectivity index (χ4v) is 3.18. The molecule has 1 fully saturated rings. The molecule has 1 unspecified atom stereocenters. The molecule has 0 aliphatic carbocycles. The second-order valence-corrected chi connectivity index (χ2v) is 6.99. The van der Waals surface area contributed by atoms with Crippen molar-refractivity contribution in [2.75, 3.05) is 24.3 Å². The summed E-state index contributed by atoms with van der Waals surface area (Å²) < 4.78 is 5.11. The number of rotatable bonds is 6. The number of nitrogens with zero attached hydrogens (tertiary/aromatic N) is 1. The Morgan fingerprint density at radius 1 is 1.07 bits per heavy atom. The molecule has 9 nitrogen and oxygen atoms in total. The van der Waals surface area contributed by atoms with Crippen LogP contribution in [-0.2, 0) is 19.9 Å². The van der Waals surface area contributed by atoms with E-state index in [0.717, 1.165) is 4.90 Å². The van der Waals surface area contributed by atoms with Crippen LogP contribution >= 0.6 is 0 Å². The Bertz CT molecular complexity index is 1000. The van der Waals surface area contributed by atoms with E-state index < -0.39 is 29.9 Å². The quantitative estimate of drug-likeness (QED) is 0.630. The number of benzene rings is 2. The largest absolute Gasteiger partial charge is 0.497 e. The second kappa shape index (κ2) is 8.24. The predicted molar refractivity (Wildman–Crippen MR) is 110 cm³/mol. The standard InChI is InChI=1S/C21H22N4O5/c1-13(26)22-15-5-4-6-16(11-15)23-18(27)12-25-19(28)21(2,24-20(25)29)14-7-9-17(30-3)10-8-14/h4-11H,12H2,1-3H3,(H,22,26)(H,23,27)(H,24,29). The summed E-state index contributed by atoms with van der Waals surface area (Å²) in [6, 6.07) is 12.7. The van der Waals surface area contributed by atoms with E-state index in [1.165, 1.54) is 14.0 Å². The fourth-order valence-electron chi connectivity index (χ4n) is 3.18. The minimum absolute atomic E-state index is 0.240. The number of nitrogens with one attached hydrogen (secondary N) is 3. The number of hydrogen-bond donors (Lipinski definition) is 3. The highest BCUT2D eigenvalue weighted by atomic mass is 16.5. The molecule has 0 radical (unpaired) electrons. The van der Waals surface area contributed by atoms with E-state index in [2.05, 4.69) is 16.0 Å². The first-order valence-corrected chi connectivity index (χ1v) is 9.19. The van der Waals surface area contributed by atoms with Gasteiger partial charge in [-0.05, 0) is 42.8 Å². The molecule has 2 aromatic rings. The zero-order valence-corrected chi connectivity index (χ0v) is 16.8. The van der Waals surface area contributed by atoms with Crippen LogP contribution in [0, 0.1) is 0 Å². The van der Waals surface area contributed by atoms with Crippen LogP contribution in [0.2, 0.25) is 0 Å². The molecule has 3 N–H and O–H groups in total. The molecular formula is C21H22N4O5. The Morgan fingerprint density at radius 2 is 1.70 bits per heavy atom. The highest BCUT2D eigenvalue weighted by molar-refractivity contribution is 6.10. The molecule has 0 spiro atoms. The number of carbonyl (C=O) groups excluding carboxylic acids is 4. The lowest BCUT2D eigenvalue weighted by atomic mass is 9.92. The molecule has 2 aromatic carbocycles. The minimum atomic E-state index is -1.28. The van der Waals surface area contributed by atoms with E-state index in [1.807, 2.05) is 0 Å². The molecule has 1 saturated heterocycles. The van der Waals surface area contributed by atoms with Crippen molar-refractivity contribution in [2.24, 2.45) is 0 Å². The maximum absolute atomic E-state index is 12.9. The Labute approximate surface area is 173 Å². The highest BCUT2D eigenvalue weighted by Crippen LogP contribution is 2.30. The first kappa shape index (κ1) is 20.8. The van der Waals surface area contributed by atoms with E-state index in [-0.39, 0.29) is 5.91 Å². The smallest absolute Gasteiger partial charge is 0.325 e. The SMILES string of the molecule is COc1ccc(C2(C)NC(=O)N(CC(=O)Nc3cccc(NC(C)=O)c3)C2=O)cc1. The summed E-state index contributed by atoms with van der Waals surface area (Å²) in [4.78, 5) is 49.8. The summed E-state index contributed by atoms with van der Waals surface area (Å²) in [5.74, 6) is -0.690. The van der Waals surface area contributed by atoms with Crippen LogP contribution < -0.4 is 20.7 Å². The van der Waals surface area contributed by atoms with E-state index in [0.29, 0.717) is 22.7 Å². The van der Waals surface area contributed by atoms with Crippen molar-refractivity contribution in [1.82, 2.24) is 10.2 Å². The molecule has 156 valence electrons. The van der Waals surface area contributed by atoms with E-state index in [9.17, 15) is 19.2 Å². The lowest BCUT2D eigenvalue weighted by Gasteiger charge is -2.22. The second-order valence-electron chi connectivity index (χ2n) is 6.99. The van der Waals surface area contributed by atoms with Crippen LogP contribution in [-0.4, -0.2) is 42.3 Å². The molecule has 1 aliphatic heterocycles. The van der Waals surface area contributed by atoms with Gasteiger partial charge in [0.1, 0.15) is 17.8 Å². The first-order valence-electron chi connectivity index (χ1n) is 9.19. The summed E-state index contributed by atoms with van der Waals surface area (Å²) in [5, 5.41) is 7.89.